The number of para-hydroxylation sites is 1. The molecule has 0 bridgehead atoms. The lowest BCUT2D eigenvalue weighted by atomic mass is 9.94. The number of hydrogen-bond acceptors (Lipinski definition) is 1. The van der Waals surface area contributed by atoms with Crippen molar-refractivity contribution in [2.75, 3.05) is 6.61 Å². The topological polar surface area (TPSA) is 9.23 Å². The zero-order chi connectivity index (χ0) is 19.4. The highest BCUT2D eigenvalue weighted by Crippen LogP contribution is 2.21. The minimum Gasteiger partial charge on any atom is -0.493 e. The predicted molar refractivity (Wildman–Crippen MR) is 121 cm³/mol. The van der Waals surface area contributed by atoms with Gasteiger partial charge in [0.05, 0.1) is 6.61 Å². The first kappa shape index (κ1) is 24.1. The van der Waals surface area contributed by atoms with Crippen molar-refractivity contribution >= 4 is 0 Å². The van der Waals surface area contributed by atoms with E-state index in [4.69, 9.17) is 4.74 Å². The Morgan fingerprint density at radius 1 is 0.593 bits per heavy atom. The smallest absolute Gasteiger partial charge is 0.119 e. The van der Waals surface area contributed by atoms with Crippen molar-refractivity contribution in [1.82, 2.24) is 0 Å². The van der Waals surface area contributed by atoms with E-state index in [0.29, 0.717) is 0 Å². The fourth-order valence-corrected chi connectivity index (χ4v) is 3.82. The van der Waals surface area contributed by atoms with Crippen LogP contribution in [-0.2, 0) is 0 Å². The van der Waals surface area contributed by atoms with Crippen LogP contribution in [0.4, 0.5) is 0 Å². The highest BCUT2D eigenvalue weighted by Gasteiger charge is 2.10. The Labute approximate surface area is 170 Å². The summed E-state index contributed by atoms with van der Waals surface area (Å²) in [5.74, 6) is 1.76. The highest BCUT2D eigenvalue weighted by atomic mass is 16.5. The van der Waals surface area contributed by atoms with E-state index >= 15 is 0 Å². The van der Waals surface area contributed by atoms with E-state index in [-0.39, 0.29) is 0 Å². The molecule has 156 valence electrons. The molecule has 1 rings (SSSR count). The Morgan fingerprint density at radius 3 is 1.52 bits per heavy atom. The normalized spacial score (nSPS) is 12.2. The van der Waals surface area contributed by atoms with Gasteiger partial charge in [0.1, 0.15) is 5.75 Å². The van der Waals surface area contributed by atoms with Crippen LogP contribution in [0.2, 0.25) is 0 Å². The van der Waals surface area contributed by atoms with Crippen molar-refractivity contribution in [2.24, 2.45) is 5.92 Å². The van der Waals surface area contributed by atoms with E-state index < -0.39 is 0 Å². The maximum absolute atomic E-state index is 6.09. The van der Waals surface area contributed by atoms with Crippen LogP contribution in [0.5, 0.6) is 5.75 Å². The third kappa shape index (κ3) is 14.7. The molecule has 0 saturated carbocycles. The summed E-state index contributed by atoms with van der Waals surface area (Å²) in [6.45, 7) is 5.48. The molecule has 0 aliphatic rings. The van der Waals surface area contributed by atoms with E-state index in [2.05, 4.69) is 44.2 Å². The van der Waals surface area contributed by atoms with Gasteiger partial charge in [-0.3, -0.25) is 0 Å². The molecule has 0 aliphatic carbocycles. The molecule has 0 spiro atoms. The minimum atomic E-state index is 0.733. The Kier molecular flexibility index (Phi) is 16.4. The fourth-order valence-electron chi connectivity index (χ4n) is 3.82. The summed E-state index contributed by atoms with van der Waals surface area (Å²) in [7, 11) is 0. The SMILES string of the molecule is CCCCCCCCCCC(CCCCCCCC)COc1ccccc1. The Bertz CT molecular complexity index is 400. The number of rotatable bonds is 19. The number of hydrogen-bond donors (Lipinski definition) is 0. The van der Waals surface area contributed by atoms with Crippen LogP contribution in [0.15, 0.2) is 30.3 Å². The first-order chi connectivity index (χ1) is 13.4. The summed E-state index contributed by atoms with van der Waals surface area (Å²) in [5.41, 5.74) is 0. The maximum atomic E-state index is 6.09. The van der Waals surface area contributed by atoms with Crippen molar-refractivity contribution in [3.8, 4) is 5.75 Å². The molecule has 1 aromatic carbocycles. The van der Waals surface area contributed by atoms with Crippen molar-refractivity contribution < 1.29 is 4.74 Å². The first-order valence-corrected chi connectivity index (χ1v) is 12.0. The second-order valence-electron chi connectivity index (χ2n) is 8.31. The number of ether oxygens (including phenoxy) is 1. The van der Waals surface area contributed by atoms with Gasteiger partial charge in [0.25, 0.3) is 0 Å². The molecule has 27 heavy (non-hydrogen) atoms. The first-order valence-electron chi connectivity index (χ1n) is 12.0. The van der Waals surface area contributed by atoms with Gasteiger partial charge in [-0.1, -0.05) is 122 Å². The fraction of sp³-hybridized carbons (Fsp3) is 0.769. The predicted octanol–water partition coefficient (Wildman–Crippen LogP) is 8.96. The van der Waals surface area contributed by atoms with E-state index in [1.54, 1.807) is 0 Å². The third-order valence-corrected chi connectivity index (χ3v) is 5.66. The second kappa shape index (κ2) is 18.4. The van der Waals surface area contributed by atoms with Gasteiger partial charge in [0.15, 0.2) is 0 Å². The van der Waals surface area contributed by atoms with Crippen molar-refractivity contribution in [3.63, 3.8) is 0 Å². The summed E-state index contributed by atoms with van der Waals surface area (Å²) in [6, 6.07) is 10.4. The lowest BCUT2D eigenvalue weighted by Crippen LogP contribution is -2.12. The summed E-state index contributed by atoms with van der Waals surface area (Å²) in [6.07, 6.45) is 22.3. The molecule has 1 unspecified atom stereocenters. The Hall–Kier alpha value is -0.980. The van der Waals surface area contributed by atoms with Crippen LogP contribution >= 0.6 is 0 Å². The summed E-state index contributed by atoms with van der Waals surface area (Å²) < 4.78 is 6.09. The van der Waals surface area contributed by atoms with Crippen molar-refractivity contribution in [3.05, 3.63) is 30.3 Å². The van der Waals surface area contributed by atoms with Gasteiger partial charge in [-0.15, -0.1) is 0 Å². The second-order valence-corrected chi connectivity index (χ2v) is 8.31. The van der Waals surface area contributed by atoms with Crippen LogP contribution in [0.25, 0.3) is 0 Å². The van der Waals surface area contributed by atoms with Crippen LogP contribution < -0.4 is 4.74 Å². The number of benzene rings is 1. The summed E-state index contributed by atoms with van der Waals surface area (Å²) in [4.78, 5) is 0. The van der Waals surface area contributed by atoms with Gasteiger partial charge >= 0.3 is 0 Å². The molecule has 1 heteroatoms. The van der Waals surface area contributed by atoms with E-state index in [0.717, 1.165) is 18.3 Å². The molecule has 0 heterocycles. The van der Waals surface area contributed by atoms with E-state index in [9.17, 15) is 0 Å². The lowest BCUT2D eigenvalue weighted by Gasteiger charge is -2.18. The van der Waals surface area contributed by atoms with Gasteiger partial charge in [0.2, 0.25) is 0 Å². The van der Waals surface area contributed by atoms with Crippen LogP contribution in [0, 0.1) is 5.92 Å². The van der Waals surface area contributed by atoms with Crippen molar-refractivity contribution in [1.29, 1.82) is 0 Å². The van der Waals surface area contributed by atoms with E-state index in [1.807, 2.05) is 0 Å². The van der Waals surface area contributed by atoms with Crippen LogP contribution in [-0.4, -0.2) is 6.61 Å². The molecule has 1 aromatic rings. The van der Waals surface area contributed by atoms with Gasteiger partial charge in [-0.05, 0) is 30.9 Å². The average Bonchev–Trinajstić information content (AvgIpc) is 2.70. The molecule has 0 fully saturated rings. The molecule has 0 saturated heterocycles. The van der Waals surface area contributed by atoms with Crippen molar-refractivity contribution in [2.45, 2.75) is 117 Å². The number of unbranched alkanes of at least 4 members (excludes halogenated alkanes) is 12. The standard InChI is InChI=1S/C26H46O/c1-3-5-7-9-11-12-14-17-21-25(20-16-13-10-8-6-4-2)24-27-26-22-18-15-19-23-26/h15,18-19,22-23,25H,3-14,16-17,20-21,24H2,1-2H3. The summed E-state index contributed by atoms with van der Waals surface area (Å²) in [5, 5.41) is 0. The monoisotopic (exact) mass is 374 g/mol. The molecule has 0 aliphatic heterocycles. The largest absolute Gasteiger partial charge is 0.493 e. The van der Waals surface area contributed by atoms with Crippen LogP contribution in [0.1, 0.15) is 117 Å². The molecular formula is C26H46O. The zero-order valence-electron chi connectivity index (χ0n) is 18.4. The molecule has 0 N–H and O–H groups in total. The van der Waals surface area contributed by atoms with Gasteiger partial charge in [0, 0.05) is 0 Å². The van der Waals surface area contributed by atoms with Gasteiger partial charge in [-0.25, -0.2) is 0 Å². The molecule has 0 aromatic heterocycles. The molecule has 0 amide bonds. The zero-order valence-corrected chi connectivity index (χ0v) is 18.4. The lowest BCUT2D eigenvalue weighted by molar-refractivity contribution is 0.224. The van der Waals surface area contributed by atoms with Gasteiger partial charge < -0.3 is 4.74 Å². The molecule has 1 atom stereocenters. The minimum absolute atomic E-state index is 0.733. The third-order valence-electron chi connectivity index (χ3n) is 5.66. The average molecular weight is 375 g/mol. The summed E-state index contributed by atoms with van der Waals surface area (Å²) >= 11 is 0. The Morgan fingerprint density at radius 2 is 1.04 bits per heavy atom. The quantitative estimate of drug-likeness (QED) is 0.219. The maximum Gasteiger partial charge on any atom is 0.119 e. The highest BCUT2D eigenvalue weighted by molar-refractivity contribution is 5.20. The van der Waals surface area contributed by atoms with Gasteiger partial charge in [-0.2, -0.15) is 0 Å². The molecule has 0 radical (unpaired) electrons. The molecule has 1 nitrogen and oxygen atoms in total. The Balaban J connectivity index is 2.19. The van der Waals surface area contributed by atoms with E-state index in [1.165, 1.54) is 103 Å². The van der Waals surface area contributed by atoms with Crippen LogP contribution in [0.3, 0.4) is 0 Å². The molecular weight excluding hydrogens is 328 g/mol.